The second-order valence-corrected chi connectivity index (χ2v) is 2.39. The third-order valence-corrected chi connectivity index (χ3v) is 1.48. The number of carboxylic acid groups (broad SMARTS) is 1. The molecule has 1 heterocycles. The molecule has 1 saturated heterocycles. The maximum absolute atomic E-state index is 10.8. The van der Waals surface area contributed by atoms with Gasteiger partial charge in [-0.25, -0.2) is 14.4 Å². The highest BCUT2D eigenvalue weighted by atomic mass is 16.7. The van der Waals surface area contributed by atoms with E-state index in [1.807, 2.05) is 0 Å². The van der Waals surface area contributed by atoms with Gasteiger partial charge in [0.25, 0.3) is 5.60 Å². The monoisotopic (exact) mass is 174 g/mol. The van der Waals surface area contributed by atoms with Crippen molar-refractivity contribution in [1.82, 2.24) is 0 Å². The first-order valence-corrected chi connectivity index (χ1v) is 3.09. The Morgan fingerprint density at radius 1 is 1.58 bits per heavy atom. The largest absolute Gasteiger partial charge is 0.479 e. The molecule has 6 heteroatoms. The van der Waals surface area contributed by atoms with Crippen molar-refractivity contribution in [3.05, 3.63) is 0 Å². The Kier molecular flexibility index (Phi) is 1.85. The van der Waals surface area contributed by atoms with E-state index in [2.05, 4.69) is 9.47 Å². The van der Waals surface area contributed by atoms with E-state index in [0.717, 1.165) is 6.92 Å². The third kappa shape index (κ3) is 1.16. The molecule has 0 aromatic heterocycles. The SMILES string of the molecule is CC1(C(=O)O)OCC(=O)OC1=O. The summed E-state index contributed by atoms with van der Waals surface area (Å²) >= 11 is 0. The topological polar surface area (TPSA) is 89.9 Å². The summed E-state index contributed by atoms with van der Waals surface area (Å²) in [6, 6.07) is 0. The fraction of sp³-hybridized carbons (Fsp3) is 0.500. The maximum Gasteiger partial charge on any atom is 0.357 e. The Morgan fingerprint density at radius 3 is 2.58 bits per heavy atom. The highest BCUT2D eigenvalue weighted by Crippen LogP contribution is 2.17. The van der Waals surface area contributed by atoms with Crippen molar-refractivity contribution in [2.24, 2.45) is 0 Å². The van der Waals surface area contributed by atoms with Crippen LogP contribution < -0.4 is 0 Å². The van der Waals surface area contributed by atoms with Crippen LogP contribution in [0.25, 0.3) is 0 Å². The molecule has 1 unspecified atom stereocenters. The molecule has 12 heavy (non-hydrogen) atoms. The highest BCUT2D eigenvalue weighted by Gasteiger charge is 2.49. The average molecular weight is 174 g/mol. The van der Waals surface area contributed by atoms with Gasteiger partial charge in [-0.15, -0.1) is 0 Å². The first-order chi connectivity index (χ1) is 5.47. The molecule has 0 radical (unpaired) electrons. The Hall–Kier alpha value is -1.43. The molecule has 1 atom stereocenters. The average Bonchev–Trinajstić information content (AvgIpc) is 1.97. The fourth-order valence-electron chi connectivity index (χ4n) is 0.641. The highest BCUT2D eigenvalue weighted by molar-refractivity contribution is 6.07. The Bertz CT molecular complexity index is 257. The molecule has 66 valence electrons. The number of cyclic esters (lactones) is 2. The van der Waals surface area contributed by atoms with Crippen LogP contribution in [-0.2, 0) is 23.9 Å². The standard InChI is InChI=1S/C6H6O6/c1-6(4(8)9)5(10)12-3(7)2-11-6/h2H2,1H3,(H,8,9). The summed E-state index contributed by atoms with van der Waals surface area (Å²) in [5.41, 5.74) is -2.05. The number of carbonyl (C=O) groups excluding carboxylic acids is 2. The molecule has 0 saturated carbocycles. The van der Waals surface area contributed by atoms with E-state index < -0.39 is 30.1 Å². The molecule has 1 fully saturated rings. The van der Waals surface area contributed by atoms with Crippen LogP contribution in [-0.4, -0.2) is 35.2 Å². The summed E-state index contributed by atoms with van der Waals surface area (Å²) in [5.74, 6) is -3.54. The number of rotatable bonds is 1. The van der Waals surface area contributed by atoms with Crippen LogP contribution in [0, 0.1) is 0 Å². The lowest BCUT2D eigenvalue weighted by atomic mass is 10.1. The summed E-state index contributed by atoms with van der Waals surface area (Å²) in [7, 11) is 0. The van der Waals surface area contributed by atoms with Gasteiger partial charge < -0.3 is 14.6 Å². The lowest BCUT2D eigenvalue weighted by molar-refractivity contribution is -0.202. The predicted molar refractivity (Wildman–Crippen MR) is 33.1 cm³/mol. The van der Waals surface area contributed by atoms with Gasteiger partial charge >= 0.3 is 17.9 Å². The molecule has 6 nitrogen and oxygen atoms in total. The van der Waals surface area contributed by atoms with Crippen molar-refractivity contribution in [2.75, 3.05) is 6.61 Å². The lowest BCUT2D eigenvalue weighted by Crippen LogP contribution is -2.53. The Balaban J connectivity index is 2.87. The first-order valence-electron chi connectivity index (χ1n) is 3.09. The molecule has 0 bridgehead atoms. The van der Waals surface area contributed by atoms with Crippen LogP contribution in [0.1, 0.15) is 6.92 Å². The minimum Gasteiger partial charge on any atom is -0.479 e. The molecule has 0 aromatic carbocycles. The fourth-order valence-corrected chi connectivity index (χ4v) is 0.641. The van der Waals surface area contributed by atoms with Gasteiger partial charge in [0.05, 0.1) is 0 Å². The van der Waals surface area contributed by atoms with E-state index in [4.69, 9.17) is 5.11 Å². The van der Waals surface area contributed by atoms with Crippen molar-refractivity contribution in [2.45, 2.75) is 12.5 Å². The van der Waals surface area contributed by atoms with E-state index in [0.29, 0.717) is 0 Å². The van der Waals surface area contributed by atoms with E-state index in [9.17, 15) is 14.4 Å². The van der Waals surface area contributed by atoms with Gasteiger partial charge in [0.15, 0.2) is 0 Å². The van der Waals surface area contributed by atoms with Crippen molar-refractivity contribution in [3.8, 4) is 0 Å². The van der Waals surface area contributed by atoms with E-state index in [1.54, 1.807) is 0 Å². The molecular formula is C6H6O6. The minimum absolute atomic E-state index is 0.519. The smallest absolute Gasteiger partial charge is 0.357 e. The van der Waals surface area contributed by atoms with Gasteiger partial charge in [0.1, 0.15) is 6.61 Å². The third-order valence-electron chi connectivity index (χ3n) is 1.48. The predicted octanol–water partition coefficient (Wildman–Crippen LogP) is -1.07. The van der Waals surface area contributed by atoms with Crippen LogP contribution in [0.2, 0.25) is 0 Å². The van der Waals surface area contributed by atoms with Gasteiger partial charge in [-0.05, 0) is 6.92 Å². The van der Waals surface area contributed by atoms with Crippen molar-refractivity contribution in [3.63, 3.8) is 0 Å². The van der Waals surface area contributed by atoms with Crippen molar-refractivity contribution in [1.29, 1.82) is 0 Å². The molecule has 0 aliphatic carbocycles. The second kappa shape index (κ2) is 2.56. The lowest BCUT2D eigenvalue weighted by Gasteiger charge is -2.25. The Morgan fingerprint density at radius 2 is 2.17 bits per heavy atom. The minimum atomic E-state index is -2.05. The van der Waals surface area contributed by atoms with Crippen molar-refractivity contribution >= 4 is 17.9 Å². The summed E-state index contributed by atoms with van der Waals surface area (Å²) in [6.45, 7) is 0.513. The van der Waals surface area contributed by atoms with Crippen LogP contribution in [0.15, 0.2) is 0 Å². The quantitative estimate of drug-likeness (QED) is 0.402. The number of ether oxygens (including phenoxy) is 2. The number of esters is 2. The van der Waals surface area contributed by atoms with Crippen LogP contribution in [0.3, 0.4) is 0 Å². The van der Waals surface area contributed by atoms with E-state index in [-0.39, 0.29) is 0 Å². The van der Waals surface area contributed by atoms with Crippen LogP contribution in [0.5, 0.6) is 0 Å². The molecule has 0 aromatic rings. The van der Waals surface area contributed by atoms with Gasteiger partial charge in [0, 0.05) is 0 Å². The zero-order valence-electron chi connectivity index (χ0n) is 6.20. The number of hydrogen-bond donors (Lipinski definition) is 1. The van der Waals surface area contributed by atoms with Crippen LogP contribution >= 0.6 is 0 Å². The number of carbonyl (C=O) groups is 3. The van der Waals surface area contributed by atoms with Gasteiger partial charge in [-0.3, -0.25) is 0 Å². The number of aliphatic carboxylic acids is 1. The molecule has 1 aliphatic heterocycles. The maximum atomic E-state index is 10.8. The van der Waals surface area contributed by atoms with Crippen molar-refractivity contribution < 1.29 is 29.0 Å². The molecule has 1 rings (SSSR count). The summed E-state index contributed by atoms with van der Waals surface area (Å²) in [6.07, 6.45) is 0. The summed E-state index contributed by atoms with van der Waals surface area (Å²) < 4.78 is 8.61. The second-order valence-electron chi connectivity index (χ2n) is 2.39. The molecule has 0 amide bonds. The summed E-state index contributed by atoms with van der Waals surface area (Å²) in [4.78, 5) is 31.7. The van der Waals surface area contributed by atoms with Gasteiger partial charge in [-0.2, -0.15) is 0 Å². The normalized spacial score (nSPS) is 29.8. The Labute approximate surface area is 67.1 Å². The number of carboxylic acids is 1. The molecule has 1 N–H and O–H groups in total. The summed E-state index contributed by atoms with van der Waals surface area (Å²) in [5, 5.41) is 8.52. The first kappa shape index (κ1) is 8.66. The molecule has 1 aliphatic rings. The zero-order valence-corrected chi connectivity index (χ0v) is 6.20. The molecule has 0 spiro atoms. The van der Waals surface area contributed by atoms with Gasteiger partial charge in [0.2, 0.25) is 0 Å². The van der Waals surface area contributed by atoms with E-state index in [1.165, 1.54) is 0 Å². The van der Waals surface area contributed by atoms with Crippen LogP contribution in [0.4, 0.5) is 0 Å². The van der Waals surface area contributed by atoms with Gasteiger partial charge in [-0.1, -0.05) is 0 Å². The molecular weight excluding hydrogens is 168 g/mol. The zero-order chi connectivity index (χ0) is 9.35. The van der Waals surface area contributed by atoms with E-state index >= 15 is 0 Å². The number of hydrogen-bond acceptors (Lipinski definition) is 5.